The lowest BCUT2D eigenvalue weighted by molar-refractivity contribution is 0.102. The molecule has 0 aliphatic carbocycles. The van der Waals surface area contributed by atoms with Gasteiger partial charge in [-0.15, -0.1) is 0 Å². The highest BCUT2D eigenvalue weighted by molar-refractivity contribution is 9.10. The van der Waals surface area contributed by atoms with Gasteiger partial charge < -0.3 is 19.9 Å². The molecule has 2 N–H and O–H groups in total. The van der Waals surface area contributed by atoms with Crippen molar-refractivity contribution < 1.29 is 9.53 Å². The van der Waals surface area contributed by atoms with E-state index in [1.54, 1.807) is 36.4 Å². The fourth-order valence-corrected chi connectivity index (χ4v) is 3.97. The minimum absolute atomic E-state index is 0.224. The van der Waals surface area contributed by atoms with Crippen molar-refractivity contribution in [3.05, 3.63) is 100 Å². The molecule has 3 aromatic carbocycles. The van der Waals surface area contributed by atoms with Gasteiger partial charge in [-0.25, -0.2) is 4.98 Å². The lowest BCUT2D eigenvalue weighted by Gasteiger charge is -2.08. The molecule has 0 fully saturated rings. The number of aromatic nitrogens is 3. The molecule has 174 valence electrons. The highest BCUT2D eigenvalue weighted by Crippen LogP contribution is 2.28. The molecule has 0 aliphatic heterocycles. The fraction of sp³-hybridized carbons (Fsp3) is 0.0385. The van der Waals surface area contributed by atoms with Crippen molar-refractivity contribution in [2.45, 2.75) is 0 Å². The highest BCUT2D eigenvalue weighted by Gasteiger charge is 2.12. The molecule has 2 aromatic heterocycles. The number of rotatable bonds is 6. The molecule has 5 aromatic rings. The number of nitrogens with one attached hydrogen (secondary N) is 2. The number of carbonyl (C=O) groups is 1. The van der Waals surface area contributed by atoms with Crippen LogP contribution in [0.15, 0.2) is 89.5 Å². The summed E-state index contributed by atoms with van der Waals surface area (Å²) in [6, 6.07) is 23.7. The van der Waals surface area contributed by atoms with Crippen LogP contribution in [0.2, 0.25) is 5.02 Å². The number of benzene rings is 3. The SMILES string of the molecule is Cn1c(Nc2ccc(Br)cc2)nc2cc(Oc3ccnc(C(=O)Nc4cccc(Cl)c4)c3)ccc21. The summed E-state index contributed by atoms with van der Waals surface area (Å²) in [5, 5.41) is 6.65. The van der Waals surface area contributed by atoms with Gasteiger partial charge in [-0.2, -0.15) is 0 Å². The second-order valence-corrected chi connectivity index (χ2v) is 9.07. The van der Waals surface area contributed by atoms with Gasteiger partial charge in [0.15, 0.2) is 0 Å². The number of anilines is 3. The predicted molar refractivity (Wildman–Crippen MR) is 142 cm³/mol. The van der Waals surface area contributed by atoms with Crippen LogP contribution in [0.4, 0.5) is 17.3 Å². The summed E-state index contributed by atoms with van der Waals surface area (Å²) in [7, 11) is 1.95. The Balaban J connectivity index is 1.34. The monoisotopic (exact) mass is 547 g/mol. The van der Waals surface area contributed by atoms with Crippen LogP contribution in [-0.2, 0) is 7.05 Å². The lowest BCUT2D eigenvalue weighted by Crippen LogP contribution is -2.13. The maximum atomic E-state index is 12.6. The molecule has 9 heteroatoms. The van der Waals surface area contributed by atoms with Gasteiger partial charge in [-0.05, 0) is 60.7 Å². The zero-order valence-electron chi connectivity index (χ0n) is 18.5. The maximum Gasteiger partial charge on any atom is 0.274 e. The Morgan fingerprint density at radius 3 is 2.57 bits per heavy atom. The van der Waals surface area contributed by atoms with Crippen molar-refractivity contribution in [3.63, 3.8) is 0 Å². The number of fused-ring (bicyclic) bond motifs is 1. The smallest absolute Gasteiger partial charge is 0.274 e. The number of amides is 1. The van der Waals surface area contributed by atoms with Crippen LogP contribution >= 0.6 is 27.5 Å². The number of carbonyl (C=O) groups excluding carboxylic acids is 1. The molecule has 0 saturated heterocycles. The summed E-state index contributed by atoms with van der Waals surface area (Å²) in [4.78, 5) is 21.5. The van der Waals surface area contributed by atoms with Crippen molar-refractivity contribution in [1.29, 1.82) is 0 Å². The summed E-state index contributed by atoms with van der Waals surface area (Å²) in [5.74, 6) is 1.43. The Hall–Kier alpha value is -3.88. The molecule has 0 radical (unpaired) electrons. The predicted octanol–water partition coefficient (Wildman–Crippen LogP) is 7.17. The second kappa shape index (κ2) is 9.77. The average molecular weight is 549 g/mol. The average Bonchev–Trinajstić information content (AvgIpc) is 3.15. The number of halogens is 2. The Morgan fingerprint density at radius 1 is 0.971 bits per heavy atom. The molecule has 0 unspecified atom stereocenters. The largest absolute Gasteiger partial charge is 0.457 e. The molecule has 0 atom stereocenters. The molecule has 1 amide bonds. The van der Waals surface area contributed by atoms with Gasteiger partial charge in [0.1, 0.15) is 17.2 Å². The van der Waals surface area contributed by atoms with E-state index in [0.29, 0.717) is 28.2 Å². The Bertz CT molecular complexity index is 1540. The number of pyridine rings is 1. The highest BCUT2D eigenvalue weighted by atomic mass is 79.9. The van der Waals surface area contributed by atoms with Crippen LogP contribution in [0.25, 0.3) is 11.0 Å². The summed E-state index contributed by atoms with van der Waals surface area (Å²) >= 11 is 9.43. The lowest BCUT2D eigenvalue weighted by atomic mass is 10.2. The van der Waals surface area contributed by atoms with Gasteiger partial charge in [0, 0.05) is 46.2 Å². The van der Waals surface area contributed by atoms with E-state index in [1.807, 2.05) is 54.1 Å². The van der Waals surface area contributed by atoms with Crippen molar-refractivity contribution in [2.24, 2.45) is 7.05 Å². The minimum atomic E-state index is -0.360. The first kappa shape index (κ1) is 22.9. The summed E-state index contributed by atoms with van der Waals surface area (Å²) in [5.41, 5.74) is 3.47. The van der Waals surface area contributed by atoms with Gasteiger partial charge in [-0.1, -0.05) is 33.6 Å². The molecular formula is C26H19BrClN5O2. The topological polar surface area (TPSA) is 81.1 Å². The van der Waals surface area contributed by atoms with Crippen molar-refractivity contribution >= 4 is 61.8 Å². The molecule has 0 saturated carbocycles. The van der Waals surface area contributed by atoms with Gasteiger partial charge >= 0.3 is 0 Å². The van der Waals surface area contributed by atoms with Crippen LogP contribution in [0.5, 0.6) is 11.5 Å². The molecule has 0 aliphatic rings. The molecule has 2 heterocycles. The van der Waals surface area contributed by atoms with E-state index >= 15 is 0 Å². The normalized spacial score (nSPS) is 10.8. The number of hydrogen-bond donors (Lipinski definition) is 2. The van der Waals surface area contributed by atoms with Gasteiger partial charge in [0.2, 0.25) is 5.95 Å². The Labute approximate surface area is 214 Å². The fourth-order valence-electron chi connectivity index (χ4n) is 3.51. The van der Waals surface area contributed by atoms with Crippen LogP contribution in [-0.4, -0.2) is 20.4 Å². The standard InChI is InChI=1S/C26H19BrClN5O2/c1-33-24-10-9-20(14-22(24)32-26(33)31-18-7-5-16(27)6-8-18)35-21-11-12-29-23(15-21)25(34)30-19-4-2-3-17(28)13-19/h2-15H,1H3,(H,30,34)(H,31,32). The number of imidazole rings is 1. The van der Waals surface area contributed by atoms with Crippen LogP contribution in [0, 0.1) is 0 Å². The summed E-state index contributed by atoms with van der Waals surface area (Å²) in [6.07, 6.45) is 1.53. The van der Waals surface area contributed by atoms with Crippen LogP contribution in [0.3, 0.4) is 0 Å². The third-order valence-corrected chi connectivity index (χ3v) is 6.00. The van der Waals surface area contributed by atoms with Gasteiger partial charge in [0.25, 0.3) is 5.91 Å². The van der Waals surface area contributed by atoms with Crippen molar-refractivity contribution in [2.75, 3.05) is 10.6 Å². The quantitative estimate of drug-likeness (QED) is 0.235. The summed E-state index contributed by atoms with van der Waals surface area (Å²) < 4.78 is 9.00. The van der Waals surface area contributed by atoms with E-state index in [4.69, 9.17) is 21.3 Å². The first-order chi connectivity index (χ1) is 16.9. The third kappa shape index (κ3) is 5.29. The van der Waals surface area contributed by atoms with E-state index in [1.165, 1.54) is 6.20 Å². The molecular weight excluding hydrogens is 530 g/mol. The first-order valence-electron chi connectivity index (χ1n) is 10.6. The van der Waals surface area contributed by atoms with E-state index in [2.05, 4.69) is 31.5 Å². The molecule has 5 rings (SSSR count). The molecule has 0 bridgehead atoms. The Morgan fingerprint density at radius 2 is 1.77 bits per heavy atom. The molecule has 35 heavy (non-hydrogen) atoms. The van der Waals surface area contributed by atoms with Crippen LogP contribution < -0.4 is 15.4 Å². The van der Waals surface area contributed by atoms with Crippen molar-refractivity contribution in [3.8, 4) is 11.5 Å². The number of hydrogen-bond acceptors (Lipinski definition) is 5. The summed E-state index contributed by atoms with van der Waals surface area (Å²) in [6.45, 7) is 0. The van der Waals surface area contributed by atoms with Gasteiger partial charge in [-0.3, -0.25) is 9.78 Å². The number of nitrogens with zero attached hydrogens (tertiary/aromatic N) is 3. The van der Waals surface area contributed by atoms with E-state index in [-0.39, 0.29) is 11.6 Å². The maximum absolute atomic E-state index is 12.6. The molecule has 7 nitrogen and oxygen atoms in total. The Kier molecular flexibility index (Phi) is 6.39. The molecule has 0 spiro atoms. The minimum Gasteiger partial charge on any atom is -0.457 e. The first-order valence-corrected chi connectivity index (χ1v) is 11.8. The second-order valence-electron chi connectivity index (χ2n) is 7.72. The van der Waals surface area contributed by atoms with Gasteiger partial charge in [0.05, 0.1) is 11.0 Å². The van der Waals surface area contributed by atoms with Crippen LogP contribution in [0.1, 0.15) is 10.5 Å². The number of aryl methyl sites for hydroxylation is 1. The third-order valence-electron chi connectivity index (χ3n) is 5.23. The van der Waals surface area contributed by atoms with E-state index in [9.17, 15) is 4.79 Å². The number of ether oxygens (including phenoxy) is 1. The zero-order chi connectivity index (χ0) is 24.4. The van der Waals surface area contributed by atoms with E-state index in [0.717, 1.165) is 21.2 Å². The zero-order valence-corrected chi connectivity index (χ0v) is 20.8. The van der Waals surface area contributed by atoms with Crippen molar-refractivity contribution in [1.82, 2.24) is 14.5 Å². The van der Waals surface area contributed by atoms with E-state index < -0.39 is 0 Å².